The normalized spacial score (nSPS) is 18.2. The van der Waals surface area contributed by atoms with Gasteiger partial charge in [0.05, 0.1) is 12.5 Å². The number of carbonyl (C=O) groups excluding carboxylic acids is 1. The fourth-order valence-electron chi connectivity index (χ4n) is 2.55. The highest BCUT2D eigenvalue weighted by Crippen LogP contribution is 2.21. The number of hydrogen-bond acceptors (Lipinski definition) is 3. The molecule has 1 aliphatic heterocycles. The van der Waals surface area contributed by atoms with Gasteiger partial charge in [-0.3, -0.25) is 4.79 Å². The topological polar surface area (TPSA) is 55.6 Å². The molecule has 110 valence electrons. The SMILES string of the molecule is Cc1cccc(N(CCCN)C(=O)CC2CCCO2)c1. The molecule has 2 N–H and O–H groups in total. The van der Waals surface area contributed by atoms with E-state index in [9.17, 15) is 4.79 Å². The van der Waals surface area contributed by atoms with Crippen LogP contribution in [0.5, 0.6) is 0 Å². The van der Waals surface area contributed by atoms with Crippen LogP contribution in [0, 0.1) is 6.92 Å². The third-order valence-corrected chi connectivity index (χ3v) is 3.63. The molecule has 0 aromatic heterocycles. The summed E-state index contributed by atoms with van der Waals surface area (Å²) in [6.07, 6.45) is 3.42. The molecule has 0 aliphatic carbocycles. The van der Waals surface area contributed by atoms with Crippen molar-refractivity contribution in [3.05, 3.63) is 29.8 Å². The van der Waals surface area contributed by atoms with E-state index < -0.39 is 0 Å². The smallest absolute Gasteiger partial charge is 0.229 e. The lowest BCUT2D eigenvalue weighted by molar-refractivity contribution is -0.120. The molecule has 1 saturated heterocycles. The van der Waals surface area contributed by atoms with Gasteiger partial charge in [0.2, 0.25) is 5.91 Å². The average Bonchev–Trinajstić information content (AvgIpc) is 2.92. The minimum atomic E-state index is 0.0904. The summed E-state index contributed by atoms with van der Waals surface area (Å²) < 4.78 is 5.57. The summed E-state index contributed by atoms with van der Waals surface area (Å²) in [4.78, 5) is 14.4. The lowest BCUT2D eigenvalue weighted by Gasteiger charge is -2.24. The summed E-state index contributed by atoms with van der Waals surface area (Å²) >= 11 is 0. The highest BCUT2D eigenvalue weighted by Gasteiger charge is 2.23. The molecule has 20 heavy (non-hydrogen) atoms. The number of nitrogens with zero attached hydrogens (tertiary/aromatic N) is 1. The molecular weight excluding hydrogens is 252 g/mol. The zero-order chi connectivity index (χ0) is 14.4. The van der Waals surface area contributed by atoms with Gasteiger partial charge < -0.3 is 15.4 Å². The Morgan fingerprint density at radius 3 is 3.00 bits per heavy atom. The maximum Gasteiger partial charge on any atom is 0.229 e. The zero-order valence-corrected chi connectivity index (χ0v) is 12.2. The Kier molecular flexibility index (Phi) is 5.56. The van der Waals surface area contributed by atoms with Crippen LogP contribution in [0.4, 0.5) is 5.69 Å². The van der Waals surface area contributed by atoms with E-state index in [1.54, 1.807) is 0 Å². The molecule has 1 aromatic rings. The van der Waals surface area contributed by atoms with Gasteiger partial charge in [-0.15, -0.1) is 0 Å². The number of amides is 1. The van der Waals surface area contributed by atoms with E-state index in [4.69, 9.17) is 10.5 Å². The van der Waals surface area contributed by atoms with Gasteiger partial charge in [-0.25, -0.2) is 0 Å². The van der Waals surface area contributed by atoms with Crippen molar-refractivity contribution in [3.63, 3.8) is 0 Å². The highest BCUT2D eigenvalue weighted by molar-refractivity contribution is 5.93. The first-order valence-electron chi connectivity index (χ1n) is 7.39. The van der Waals surface area contributed by atoms with Gasteiger partial charge in [-0.05, 0) is 50.4 Å². The maximum atomic E-state index is 12.5. The van der Waals surface area contributed by atoms with Gasteiger partial charge in [0.25, 0.3) is 0 Å². The van der Waals surface area contributed by atoms with Gasteiger partial charge in [-0.1, -0.05) is 12.1 Å². The van der Waals surface area contributed by atoms with Crippen LogP contribution in [0.1, 0.15) is 31.2 Å². The van der Waals surface area contributed by atoms with Gasteiger partial charge in [0, 0.05) is 18.8 Å². The average molecular weight is 276 g/mol. The highest BCUT2D eigenvalue weighted by atomic mass is 16.5. The van der Waals surface area contributed by atoms with E-state index in [0.717, 1.165) is 37.1 Å². The summed E-state index contributed by atoms with van der Waals surface area (Å²) in [5.41, 5.74) is 7.70. The Hall–Kier alpha value is -1.39. The number of carbonyl (C=O) groups is 1. The molecule has 0 saturated carbocycles. The van der Waals surface area contributed by atoms with Gasteiger partial charge in [0.1, 0.15) is 0 Å². The maximum absolute atomic E-state index is 12.5. The fraction of sp³-hybridized carbons (Fsp3) is 0.562. The van der Waals surface area contributed by atoms with E-state index in [1.807, 2.05) is 36.1 Å². The second-order valence-electron chi connectivity index (χ2n) is 5.37. The van der Waals surface area contributed by atoms with E-state index in [2.05, 4.69) is 0 Å². The first-order valence-corrected chi connectivity index (χ1v) is 7.39. The lowest BCUT2D eigenvalue weighted by Crippen LogP contribution is -2.35. The predicted molar refractivity (Wildman–Crippen MR) is 80.8 cm³/mol. The molecule has 1 aliphatic rings. The minimum Gasteiger partial charge on any atom is -0.378 e. The summed E-state index contributed by atoms with van der Waals surface area (Å²) in [5.74, 6) is 0.135. The number of benzene rings is 1. The van der Waals surface area contributed by atoms with Gasteiger partial charge in [0.15, 0.2) is 0 Å². The monoisotopic (exact) mass is 276 g/mol. The van der Waals surface area contributed by atoms with Crippen molar-refractivity contribution in [2.75, 3.05) is 24.6 Å². The molecule has 0 bridgehead atoms. The largest absolute Gasteiger partial charge is 0.378 e. The molecule has 2 rings (SSSR count). The first kappa shape index (κ1) is 15.0. The number of hydrogen-bond donors (Lipinski definition) is 1. The standard InChI is InChI=1S/C16H24N2O2/c1-13-5-2-6-14(11-13)18(9-4-8-17)16(19)12-15-7-3-10-20-15/h2,5-6,11,15H,3-4,7-10,12,17H2,1H3. The van der Waals surface area contributed by atoms with Gasteiger partial charge >= 0.3 is 0 Å². The second kappa shape index (κ2) is 7.41. The minimum absolute atomic E-state index is 0.0904. The fourth-order valence-corrected chi connectivity index (χ4v) is 2.55. The molecule has 4 nitrogen and oxygen atoms in total. The Labute approximate surface area is 120 Å². The van der Waals surface area contributed by atoms with Crippen LogP contribution in [0.3, 0.4) is 0 Å². The summed E-state index contributed by atoms with van der Waals surface area (Å²) in [6.45, 7) is 4.08. The van der Waals surface area contributed by atoms with E-state index >= 15 is 0 Å². The number of anilines is 1. The summed E-state index contributed by atoms with van der Waals surface area (Å²) in [6, 6.07) is 8.05. The lowest BCUT2D eigenvalue weighted by atomic mass is 10.1. The van der Waals surface area contributed by atoms with Crippen LogP contribution in [-0.2, 0) is 9.53 Å². The Balaban J connectivity index is 2.07. The Morgan fingerprint density at radius 2 is 2.35 bits per heavy atom. The molecule has 1 amide bonds. The number of ether oxygens (including phenoxy) is 1. The third-order valence-electron chi connectivity index (χ3n) is 3.63. The zero-order valence-electron chi connectivity index (χ0n) is 12.2. The van der Waals surface area contributed by atoms with Crippen LogP contribution in [0.15, 0.2) is 24.3 Å². The quantitative estimate of drug-likeness (QED) is 0.867. The molecule has 1 heterocycles. The molecule has 0 radical (unpaired) electrons. The summed E-state index contributed by atoms with van der Waals surface area (Å²) in [5, 5.41) is 0. The summed E-state index contributed by atoms with van der Waals surface area (Å²) in [7, 11) is 0. The number of aryl methyl sites for hydroxylation is 1. The molecule has 4 heteroatoms. The molecule has 1 fully saturated rings. The number of rotatable bonds is 6. The van der Waals surface area contributed by atoms with Crippen LogP contribution < -0.4 is 10.6 Å². The number of nitrogens with two attached hydrogens (primary N) is 1. The van der Waals surface area contributed by atoms with Gasteiger partial charge in [-0.2, -0.15) is 0 Å². The molecule has 1 unspecified atom stereocenters. The Bertz CT molecular complexity index is 442. The van der Waals surface area contributed by atoms with E-state index in [1.165, 1.54) is 0 Å². The van der Waals surface area contributed by atoms with Crippen molar-refractivity contribution in [2.45, 2.75) is 38.7 Å². The van der Waals surface area contributed by atoms with Crippen molar-refractivity contribution >= 4 is 11.6 Å². The van der Waals surface area contributed by atoms with Crippen molar-refractivity contribution in [1.29, 1.82) is 0 Å². The van der Waals surface area contributed by atoms with Crippen LogP contribution in [0.2, 0.25) is 0 Å². The van der Waals surface area contributed by atoms with Crippen molar-refractivity contribution in [3.8, 4) is 0 Å². The molecule has 0 spiro atoms. The second-order valence-corrected chi connectivity index (χ2v) is 5.37. The predicted octanol–water partition coefficient (Wildman–Crippen LogP) is 2.25. The van der Waals surface area contributed by atoms with E-state index in [0.29, 0.717) is 19.5 Å². The van der Waals surface area contributed by atoms with Crippen LogP contribution in [-0.4, -0.2) is 31.7 Å². The molecule has 1 aromatic carbocycles. The third kappa shape index (κ3) is 4.05. The Morgan fingerprint density at radius 1 is 1.50 bits per heavy atom. The first-order chi connectivity index (χ1) is 9.70. The van der Waals surface area contributed by atoms with E-state index in [-0.39, 0.29) is 12.0 Å². The molecule has 1 atom stereocenters. The van der Waals surface area contributed by atoms with Crippen LogP contribution in [0.25, 0.3) is 0 Å². The van der Waals surface area contributed by atoms with Crippen molar-refractivity contribution < 1.29 is 9.53 Å². The molecular formula is C16H24N2O2. The van der Waals surface area contributed by atoms with Crippen molar-refractivity contribution in [2.24, 2.45) is 5.73 Å². The van der Waals surface area contributed by atoms with Crippen molar-refractivity contribution in [1.82, 2.24) is 0 Å². The van der Waals surface area contributed by atoms with Crippen LogP contribution >= 0.6 is 0 Å².